The van der Waals surface area contributed by atoms with Gasteiger partial charge in [-0.25, -0.2) is 4.98 Å². The van der Waals surface area contributed by atoms with Gasteiger partial charge in [0.05, 0.1) is 5.69 Å². The van der Waals surface area contributed by atoms with Crippen LogP contribution in [0.4, 0.5) is 5.13 Å². The van der Waals surface area contributed by atoms with Crippen molar-refractivity contribution in [3.05, 3.63) is 47.8 Å². The summed E-state index contributed by atoms with van der Waals surface area (Å²) in [5.74, 6) is 0.296. The zero-order valence-corrected chi connectivity index (χ0v) is 13.6. The van der Waals surface area contributed by atoms with Crippen LogP contribution in [0.5, 0.6) is 0 Å². The first kappa shape index (κ1) is 14.4. The van der Waals surface area contributed by atoms with Crippen molar-refractivity contribution in [2.75, 3.05) is 5.32 Å². The van der Waals surface area contributed by atoms with Gasteiger partial charge in [0.15, 0.2) is 5.13 Å². The van der Waals surface area contributed by atoms with Crippen molar-refractivity contribution in [1.29, 1.82) is 0 Å². The van der Waals surface area contributed by atoms with Crippen molar-refractivity contribution in [3.8, 4) is 11.3 Å². The summed E-state index contributed by atoms with van der Waals surface area (Å²) < 4.78 is 0. The minimum absolute atomic E-state index is 0.127. The molecule has 4 heteroatoms. The maximum absolute atomic E-state index is 12.2. The van der Waals surface area contributed by atoms with Crippen molar-refractivity contribution in [2.45, 2.75) is 25.7 Å². The number of benzene rings is 2. The minimum atomic E-state index is 0.127. The highest BCUT2D eigenvalue weighted by molar-refractivity contribution is 7.14. The predicted octanol–water partition coefficient (Wildman–Crippen LogP) is 5.09. The molecule has 1 aliphatic rings. The standard InChI is InChI=1S/C19H18N2OS/c22-18(14-6-2-3-7-14)21-19-20-17(12-23-19)16-10-9-13-5-1-4-8-15(13)11-16/h1,4-5,8-12,14H,2-3,6-7H2,(H,20,21,22). The number of rotatable bonds is 3. The summed E-state index contributed by atoms with van der Waals surface area (Å²) in [5, 5.41) is 8.11. The van der Waals surface area contributed by atoms with Gasteiger partial charge in [-0.3, -0.25) is 4.79 Å². The summed E-state index contributed by atoms with van der Waals surface area (Å²) in [7, 11) is 0. The first-order valence-corrected chi connectivity index (χ1v) is 8.93. The molecular weight excluding hydrogens is 304 g/mol. The number of thiazole rings is 1. The summed E-state index contributed by atoms with van der Waals surface area (Å²) in [6.07, 6.45) is 4.35. The van der Waals surface area contributed by atoms with Gasteiger partial charge in [0.1, 0.15) is 0 Å². The fourth-order valence-corrected chi connectivity index (χ4v) is 3.93. The molecule has 23 heavy (non-hydrogen) atoms. The van der Waals surface area contributed by atoms with Gasteiger partial charge >= 0.3 is 0 Å². The Morgan fingerprint density at radius 2 is 1.87 bits per heavy atom. The molecule has 1 N–H and O–H groups in total. The summed E-state index contributed by atoms with van der Waals surface area (Å²) in [6, 6.07) is 14.6. The molecule has 4 rings (SSSR count). The van der Waals surface area contributed by atoms with Gasteiger partial charge in [0.2, 0.25) is 5.91 Å². The van der Waals surface area contributed by atoms with Gasteiger partial charge in [-0.05, 0) is 29.7 Å². The van der Waals surface area contributed by atoms with E-state index in [0.29, 0.717) is 5.13 Å². The third kappa shape index (κ3) is 2.99. The van der Waals surface area contributed by atoms with Gasteiger partial charge in [0, 0.05) is 16.9 Å². The molecule has 0 spiro atoms. The smallest absolute Gasteiger partial charge is 0.229 e. The number of nitrogens with zero attached hydrogens (tertiary/aromatic N) is 1. The topological polar surface area (TPSA) is 42.0 Å². The average molecular weight is 322 g/mol. The number of aromatic nitrogens is 1. The molecule has 0 bridgehead atoms. The van der Waals surface area contributed by atoms with Gasteiger partial charge in [-0.15, -0.1) is 11.3 Å². The first-order valence-electron chi connectivity index (χ1n) is 8.05. The van der Waals surface area contributed by atoms with Crippen molar-refractivity contribution < 1.29 is 4.79 Å². The molecule has 2 aromatic carbocycles. The van der Waals surface area contributed by atoms with Crippen molar-refractivity contribution in [3.63, 3.8) is 0 Å². The SMILES string of the molecule is O=C(Nc1nc(-c2ccc3ccccc3c2)cs1)C1CCCC1. The van der Waals surface area contributed by atoms with Crippen LogP contribution < -0.4 is 5.32 Å². The Morgan fingerprint density at radius 3 is 2.70 bits per heavy atom. The lowest BCUT2D eigenvalue weighted by Crippen LogP contribution is -2.20. The Hall–Kier alpha value is -2.20. The molecule has 1 aliphatic carbocycles. The summed E-state index contributed by atoms with van der Waals surface area (Å²) >= 11 is 1.49. The summed E-state index contributed by atoms with van der Waals surface area (Å²) in [4.78, 5) is 16.8. The average Bonchev–Trinajstić information content (AvgIpc) is 3.26. The van der Waals surface area contributed by atoms with Crippen LogP contribution in [-0.4, -0.2) is 10.9 Å². The van der Waals surface area contributed by atoms with E-state index in [9.17, 15) is 4.79 Å². The number of carbonyl (C=O) groups excluding carboxylic acids is 1. The molecule has 1 saturated carbocycles. The zero-order chi connectivity index (χ0) is 15.6. The molecule has 0 atom stereocenters. The predicted molar refractivity (Wildman–Crippen MR) is 95.6 cm³/mol. The van der Waals surface area contributed by atoms with Crippen LogP contribution in [0.3, 0.4) is 0 Å². The zero-order valence-electron chi connectivity index (χ0n) is 12.8. The van der Waals surface area contributed by atoms with Crippen LogP contribution in [0.2, 0.25) is 0 Å². The number of hydrogen-bond donors (Lipinski definition) is 1. The second kappa shape index (κ2) is 6.13. The molecule has 0 unspecified atom stereocenters. The molecule has 0 aliphatic heterocycles. The van der Waals surface area contributed by atoms with Gasteiger partial charge < -0.3 is 5.32 Å². The van der Waals surface area contributed by atoms with Crippen LogP contribution in [0.15, 0.2) is 47.8 Å². The van der Waals surface area contributed by atoms with Gasteiger partial charge in [0.25, 0.3) is 0 Å². The Morgan fingerprint density at radius 1 is 1.09 bits per heavy atom. The van der Waals surface area contributed by atoms with Crippen LogP contribution in [0, 0.1) is 5.92 Å². The van der Waals surface area contributed by atoms with Crippen LogP contribution in [-0.2, 0) is 4.79 Å². The van der Waals surface area contributed by atoms with Crippen molar-refractivity contribution >= 4 is 33.1 Å². The maximum Gasteiger partial charge on any atom is 0.229 e. The lowest BCUT2D eigenvalue weighted by atomic mass is 10.1. The normalized spacial score (nSPS) is 15.1. The molecule has 1 amide bonds. The maximum atomic E-state index is 12.2. The molecule has 3 nitrogen and oxygen atoms in total. The largest absolute Gasteiger partial charge is 0.302 e. The molecule has 116 valence electrons. The lowest BCUT2D eigenvalue weighted by molar-refractivity contribution is -0.119. The van der Waals surface area contributed by atoms with Gasteiger partial charge in [-0.1, -0.05) is 49.2 Å². The molecule has 3 aromatic rings. The summed E-state index contributed by atoms with van der Waals surface area (Å²) in [6.45, 7) is 0. The minimum Gasteiger partial charge on any atom is -0.302 e. The Labute approximate surface area is 139 Å². The van der Waals surface area contributed by atoms with E-state index in [0.717, 1.165) is 36.9 Å². The quantitative estimate of drug-likeness (QED) is 0.729. The fourth-order valence-electron chi connectivity index (χ4n) is 3.21. The highest BCUT2D eigenvalue weighted by atomic mass is 32.1. The van der Waals surface area contributed by atoms with E-state index in [1.165, 1.54) is 22.1 Å². The summed E-state index contributed by atoms with van der Waals surface area (Å²) in [5.41, 5.74) is 2.00. The molecule has 1 heterocycles. The van der Waals surface area contributed by atoms with E-state index in [1.807, 2.05) is 17.5 Å². The number of nitrogens with one attached hydrogen (secondary N) is 1. The van der Waals surface area contributed by atoms with Gasteiger partial charge in [-0.2, -0.15) is 0 Å². The number of anilines is 1. The second-order valence-corrected chi connectivity index (χ2v) is 6.93. The number of carbonyl (C=O) groups is 1. The van der Waals surface area contributed by atoms with E-state index < -0.39 is 0 Å². The molecule has 0 radical (unpaired) electrons. The van der Waals surface area contributed by atoms with Crippen LogP contribution >= 0.6 is 11.3 Å². The molecule has 1 aromatic heterocycles. The number of hydrogen-bond acceptors (Lipinski definition) is 3. The lowest BCUT2D eigenvalue weighted by Gasteiger charge is -2.07. The highest BCUT2D eigenvalue weighted by Crippen LogP contribution is 2.30. The van der Waals surface area contributed by atoms with Crippen LogP contribution in [0.1, 0.15) is 25.7 Å². The van der Waals surface area contributed by atoms with E-state index in [2.05, 4.69) is 40.6 Å². The van der Waals surface area contributed by atoms with Crippen molar-refractivity contribution in [2.24, 2.45) is 5.92 Å². The second-order valence-electron chi connectivity index (χ2n) is 6.07. The highest BCUT2D eigenvalue weighted by Gasteiger charge is 2.23. The Balaban J connectivity index is 1.55. The molecular formula is C19H18N2OS. The van der Waals surface area contributed by atoms with E-state index in [1.54, 1.807) is 0 Å². The Bertz CT molecular complexity index is 849. The van der Waals surface area contributed by atoms with E-state index in [-0.39, 0.29) is 11.8 Å². The monoisotopic (exact) mass is 322 g/mol. The first-order chi connectivity index (χ1) is 11.3. The number of fused-ring (bicyclic) bond motifs is 1. The van der Waals surface area contributed by atoms with E-state index >= 15 is 0 Å². The molecule has 0 saturated heterocycles. The van der Waals surface area contributed by atoms with E-state index in [4.69, 9.17) is 0 Å². The van der Waals surface area contributed by atoms with Crippen molar-refractivity contribution in [1.82, 2.24) is 4.98 Å². The third-order valence-electron chi connectivity index (χ3n) is 4.51. The molecule has 1 fully saturated rings. The number of amides is 1. The fraction of sp³-hybridized carbons (Fsp3) is 0.263. The van der Waals surface area contributed by atoms with Crippen LogP contribution in [0.25, 0.3) is 22.0 Å². The third-order valence-corrected chi connectivity index (χ3v) is 5.26. The Kier molecular flexibility index (Phi) is 3.83.